The summed E-state index contributed by atoms with van der Waals surface area (Å²) in [7, 11) is 0. The molecule has 37 nitrogen and oxygen atoms in total. The van der Waals surface area contributed by atoms with Gasteiger partial charge >= 0.3 is 11.9 Å². The highest BCUT2D eigenvalue weighted by atomic mass is 16.4. The standard InChI is InChI=1S/C45H74N16O21/c1-20(53-40(77)22(5-2-3-11-46)55-43(80)27(18-63)59-44(81)29-6-4-12-61(29)45(82)28(19-64)60-37(74)21(47)17-62)36(73)57-25(13-31(49)66)38(75)51-15-33(68)54-23(7-9-30(48)65)41(78)56-24(8-10-34(69)70)42(79)58-26(14-32(50)67)39(76)52-16-35(71)72/h20-29,62-64H,2-19,46-47H2,1H3,(H2,48,65)(H2,49,66)(H2,50,67)(H,51,75)(H,52,76)(H,53,77)(H,54,68)(H,55,80)(H,56,78)(H,57,73)(H,58,79)(H,59,81)(H,60,74)(H,69,70)(H,71,72)/t20-,21-,22-,23-,24-,25-,26-,27-,28-,29-/m0/s1. The zero-order chi connectivity index (χ0) is 62.4. The zero-order valence-electron chi connectivity index (χ0n) is 44.6. The number of unbranched alkanes of at least 4 members (excludes halogenated alkanes) is 1. The van der Waals surface area contributed by atoms with Gasteiger partial charge in [0.25, 0.3) is 0 Å². The predicted octanol–water partition coefficient (Wildman–Crippen LogP) is -12.5. The number of nitrogens with two attached hydrogens (primary N) is 5. The maximum absolute atomic E-state index is 13.6. The lowest BCUT2D eigenvalue weighted by Gasteiger charge is -2.29. The van der Waals surface area contributed by atoms with E-state index in [1.807, 2.05) is 5.32 Å². The lowest BCUT2D eigenvalue weighted by atomic mass is 10.1. The molecule has 1 aliphatic heterocycles. The number of primary amides is 3. The minimum absolute atomic E-state index is 0.0136. The van der Waals surface area contributed by atoms with Gasteiger partial charge in [-0.05, 0) is 58.4 Å². The summed E-state index contributed by atoms with van der Waals surface area (Å²) < 4.78 is 0. The van der Waals surface area contributed by atoms with E-state index < -0.39 is 226 Å². The first-order valence-electron chi connectivity index (χ1n) is 25.3. The molecule has 1 rings (SSSR count). The fourth-order valence-electron chi connectivity index (χ4n) is 7.50. The van der Waals surface area contributed by atoms with Crippen LogP contribution < -0.4 is 81.8 Å². The van der Waals surface area contributed by atoms with Crippen LogP contribution in [-0.4, -0.2) is 231 Å². The number of carboxylic acids is 2. The zero-order valence-corrected chi connectivity index (χ0v) is 44.6. The van der Waals surface area contributed by atoms with Crippen LogP contribution in [0.5, 0.6) is 0 Å². The molecule has 37 heteroatoms. The smallest absolute Gasteiger partial charge is 0.322 e. The van der Waals surface area contributed by atoms with E-state index in [0.29, 0.717) is 6.42 Å². The van der Waals surface area contributed by atoms with Gasteiger partial charge in [0.2, 0.25) is 82.7 Å². The molecule has 1 aliphatic rings. The Balaban J connectivity index is 3.18. The van der Waals surface area contributed by atoms with Gasteiger partial charge in [0, 0.05) is 19.4 Å². The highest BCUT2D eigenvalue weighted by molar-refractivity contribution is 6.00. The fourth-order valence-corrected chi connectivity index (χ4v) is 7.50. The van der Waals surface area contributed by atoms with Crippen molar-refractivity contribution in [3.05, 3.63) is 0 Å². The van der Waals surface area contributed by atoms with Crippen molar-refractivity contribution in [2.24, 2.45) is 28.7 Å². The van der Waals surface area contributed by atoms with E-state index in [0.717, 1.165) is 11.8 Å². The largest absolute Gasteiger partial charge is 0.481 e. The van der Waals surface area contributed by atoms with Crippen molar-refractivity contribution in [3.63, 3.8) is 0 Å². The van der Waals surface area contributed by atoms with Crippen molar-refractivity contribution in [1.29, 1.82) is 0 Å². The van der Waals surface area contributed by atoms with Crippen LogP contribution in [0.15, 0.2) is 0 Å². The second-order valence-electron chi connectivity index (χ2n) is 18.5. The van der Waals surface area contributed by atoms with Crippen LogP contribution in [0.25, 0.3) is 0 Å². The number of hydrogen-bond donors (Lipinski definition) is 20. The van der Waals surface area contributed by atoms with Gasteiger partial charge in [-0.15, -0.1) is 0 Å². The second-order valence-corrected chi connectivity index (χ2v) is 18.5. The minimum Gasteiger partial charge on any atom is -0.481 e. The lowest BCUT2D eigenvalue weighted by Crippen LogP contribution is -2.60. The molecule has 0 spiro atoms. The number of aliphatic hydroxyl groups is 3. The molecule has 0 unspecified atom stereocenters. The molecule has 82 heavy (non-hydrogen) atoms. The molecular weight excluding hydrogens is 1100 g/mol. The van der Waals surface area contributed by atoms with Gasteiger partial charge in [0.05, 0.1) is 39.2 Å². The topological polar surface area (TPSA) is 628 Å². The van der Waals surface area contributed by atoms with Crippen LogP contribution in [0, 0.1) is 0 Å². The molecule has 0 radical (unpaired) electrons. The molecule has 25 N–H and O–H groups in total. The number of amides is 14. The van der Waals surface area contributed by atoms with Crippen molar-refractivity contribution in [3.8, 4) is 0 Å². The first-order chi connectivity index (χ1) is 38.5. The van der Waals surface area contributed by atoms with Crippen LogP contribution in [0.3, 0.4) is 0 Å². The molecular formula is C45H74N16O21. The van der Waals surface area contributed by atoms with E-state index in [2.05, 4.69) is 47.9 Å². The van der Waals surface area contributed by atoms with Gasteiger partial charge in [0.1, 0.15) is 67.0 Å². The summed E-state index contributed by atoms with van der Waals surface area (Å²) in [6.45, 7) is -3.41. The number of likely N-dealkylation sites (tertiary alicyclic amines) is 1. The van der Waals surface area contributed by atoms with E-state index in [1.54, 1.807) is 0 Å². The number of hydrogen-bond acceptors (Lipinski definition) is 21. The van der Waals surface area contributed by atoms with Gasteiger partial charge in [-0.3, -0.25) is 76.7 Å². The Morgan fingerprint density at radius 2 is 0.976 bits per heavy atom. The highest BCUT2D eigenvalue weighted by Crippen LogP contribution is 2.19. The number of carbonyl (C=O) groups excluding carboxylic acids is 14. The molecule has 0 bridgehead atoms. The summed E-state index contributed by atoms with van der Waals surface area (Å²) in [5, 5.41) is 69.0. The number of aliphatic hydroxyl groups excluding tert-OH is 3. The van der Waals surface area contributed by atoms with Gasteiger partial charge in [-0.25, -0.2) is 0 Å². The van der Waals surface area contributed by atoms with E-state index in [9.17, 15) is 92.0 Å². The van der Waals surface area contributed by atoms with E-state index in [-0.39, 0.29) is 38.8 Å². The summed E-state index contributed by atoms with van der Waals surface area (Å²) in [4.78, 5) is 204. The number of nitrogens with one attached hydrogen (secondary N) is 10. The average molecular weight is 1180 g/mol. The lowest BCUT2D eigenvalue weighted by molar-refractivity contribution is -0.143. The summed E-state index contributed by atoms with van der Waals surface area (Å²) in [5.74, 6) is -18.5. The van der Waals surface area contributed by atoms with Crippen LogP contribution >= 0.6 is 0 Å². The third kappa shape index (κ3) is 26.1. The first-order valence-corrected chi connectivity index (χ1v) is 25.3. The number of aliphatic carboxylic acids is 2. The molecule has 1 heterocycles. The summed E-state index contributed by atoms with van der Waals surface area (Å²) >= 11 is 0. The van der Waals surface area contributed by atoms with Gasteiger partial charge < -0.3 is 112 Å². The van der Waals surface area contributed by atoms with Crippen LogP contribution in [0.4, 0.5) is 0 Å². The van der Waals surface area contributed by atoms with Gasteiger partial charge in [0.15, 0.2) is 0 Å². The molecule has 1 fully saturated rings. The predicted molar refractivity (Wildman–Crippen MR) is 275 cm³/mol. The Kier molecular flexibility index (Phi) is 31.8. The average Bonchev–Trinajstić information content (AvgIpc) is 4.03. The maximum atomic E-state index is 13.6. The third-order valence-corrected chi connectivity index (χ3v) is 11.8. The normalized spacial score (nSPS) is 16.0. The van der Waals surface area contributed by atoms with Crippen molar-refractivity contribution >= 4 is 94.6 Å². The summed E-state index contributed by atoms with van der Waals surface area (Å²) in [5.41, 5.74) is 26.8. The highest BCUT2D eigenvalue weighted by Gasteiger charge is 2.40. The van der Waals surface area contributed by atoms with Crippen molar-refractivity contribution < 1.29 is 102 Å². The van der Waals surface area contributed by atoms with Crippen LogP contribution in [0.1, 0.15) is 77.6 Å². The molecule has 10 atom stereocenters. The van der Waals surface area contributed by atoms with Gasteiger partial charge in [-0.1, -0.05) is 0 Å². The van der Waals surface area contributed by atoms with E-state index in [4.69, 9.17) is 38.9 Å². The molecule has 0 aromatic rings. The SMILES string of the molecule is C[C@H](NC(=O)[C@H](CCCCN)NC(=O)[C@H](CO)NC(=O)[C@@H]1CCCN1C(=O)[C@H](CO)NC(=O)[C@@H](N)CO)C(=O)N[C@@H](CC(N)=O)C(=O)NCC(=O)N[C@@H](CCC(N)=O)C(=O)N[C@@H](CCC(=O)O)C(=O)N[C@@H](CC(N)=O)C(=O)NCC(=O)O. The van der Waals surface area contributed by atoms with Gasteiger partial charge in [-0.2, -0.15) is 0 Å². The van der Waals surface area contributed by atoms with Crippen molar-refractivity contribution in [1.82, 2.24) is 58.1 Å². The second kappa shape index (κ2) is 36.6. The Bertz CT molecular complexity index is 2340. The van der Waals surface area contributed by atoms with Crippen LogP contribution in [-0.2, 0) is 76.7 Å². The molecule has 0 saturated carbocycles. The summed E-state index contributed by atoms with van der Waals surface area (Å²) in [6, 6.07) is -16.3. The molecule has 0 aromatic heterocycles. The van der Waals surface area contributed by atoms with Crippen molar-refractivity contribution in [2.45, 2.75) is 138 Å². The number of nitrogens with zero attached hydrogens (tertiary/aromatic N) is 1. The molecule has 1 saturated heterocycles. The molecule has 460 valence electrons. The monoisotopic (exact) mass is 1170 g/mol. The molecule has 0 aromatic carbocycles. The van der Waals surface area contributed by atoms with Crippen LogP contribution in [0.2, 0.25) is 0 Å². The van der Waals surface area contributed by atoms with E-state index >= 15 is 0 Å². The third-order valence-electron chi connectivity index (χ3n) is 11.8. The maximum Gasteiger partial charge on any atom is 0.322 e. The Morgan fingerprint density at radius 3 is 1.48 bits per heavy atom. The molecule has 0 aliphatic carbocycles. The fraction of sp³-hybridized carbons (Fsp3) is 0.644. The quantitative estimate of drug-likeness (QED) is 0.0254. The molecule has 14 amide bonds. The number of rotatable bonds is 39. The van der Waals surface area contributed by atoms with E-state index in [1.165, 1.54) is 0 Å². The first kappa shape index (κ1) is 71.3. The minimum atomic E-state index is -1.85. The Morgan fingerprint density at radius 1 is 0.500 bits per heavy atom. The number of carboxylic acid groups (broad SMARTS) is 2. The Labute approximate surface area is 466 Å². The van der Waals surface area contributed by atoms with Crippen molar-refractivity contribution in [2.75, 3.05) is 46.0 Å². The Hall–Kier alpha value is -8.68. The number of carbonyl (C=O) groups is 16. The summed E-state index contributed by atoms with van der Waals surface area (Å²) in [6.07, 6.45) is -3.63.